The van der Waals surface area contributed by atoms with Gasteiger partial charge in [0.2, 0.25) is 11.6 Å². The Morgan fingerprint density at radius 3 is 1.84 bits per heavy atom. The van der Waals surface area contributed by atoms with E-state index in [4.69, 9.17) is 12.2 Å². The van der Waals surface area contributed by atoms with Gasteiger partial charge in [-0.2, -0.15) is 0 Å². The molecular formula is C25H22N4O2S. The fraction of sp³-hybridized carbons (Fsp3) is 0.120. The molecule has 1 N–H and O–H groups in total. The topological polar surface area (TPSA) is 71.9 Å². The van der Waals surface area contributed by atoms with E-state index in [2.05, 4.69) is 10.2 Å². The van der Waals surface area contributed by atoms with Gasteiger partial charge in [-0.25, -0.2) is 0 Å². The standard InChI is InChI=1S/C25H22N4O2S/c1-16-8-12-19(13-9-16)28-23(30)22(27-26-21-7-5-4-6-18(21)3)24(31)29(25(28)32)20-14-10-17(2)11-15-20/h4-15,30H,1-3H3. The average molecular weight is 443 g/mol. The van der Waals surface area contributed by atoms with Crippen molar-refractivity contribution in [2.24, 2.45) is 10.2 Å². The first kappa shape index (κ1) is 21.4. The van der Waals surface area contributed by atoms with Crippen molar-refractivity contribution < 1.29 is 5.11 Å². The van der Waals surface area contributed by atoms with Gasteiger partial charge in [0.15, 0.2) is 4.77 Å². The predicted octanol–water partition coefficient (Wildman–Crippen LogP) is 6.40. The molecule has 3 aromatic carbocycles. The summed E-state index contributed by atoms with van der Waals surface area (Å²) in [5.74, 6) is -0.357. The molecule has 1 heterocycles. The van der Waals surface area contributed by atoms with Gasteiger partial charge in [-0.05, 0) is 68.9 Å². The van der Waals surface area contributed by atoms with Gasteiger partial charge in [0.05, 0.1) is 17.1 Å². The molecule has 1 aromatic heterocycles. The van der Waals surface area contributed by atoms with Gasteiger partial charge in [-0.3, -0.25) is 13.9 Å². The Labute approximate surface area is 190 Å². The van der Waals surface area contributed by atoms with Crippen LogP contribution in [-0.2, 0) is 0 Å². The maximum absolute atomic E-state index is 13.4. The second-order valence-corrected chi connectivity index (χ2v) is 7.95. The Morgan fingerprint density at radius 1 is 0.750 bits per heavy atom. The number of hydrogen-bond acceptors (Lipinski definition) is 5. The number of aromatic nitrogens is 2. The van der Waals surface area contributed by atoms with Gasteiger partial charge in [-0.1, -0.05) is 53.6 Å². The molecule has 0 saturated heterocycles. The fourth-order valence-electron chi connectivity index (χ4n) is 3.30. The number of aryl methyl sites for hydroxylation is 3. The van der Waals surface area contributed by atoms with Crippen LogP contribution in [0, 0.1) is 25.5 Å². The maximum atomic E-state index is 13.4. The molecule has 4 rings (SSSR count). The summed E-state index contributed by atoms with van der Waals surface area (Å²) in [6, 6.07) is 22.3. The van der Waals surface area contributed by atoms with Crippen LogP contribution in [0.4, 0.5) is 11.4 Å². The quantitative estimate of drug-likeness (QED) is 0.293. The summed E-state index contributed by atoms with van der Waals surface area (Å²) in [6.07, 6.45) is 0. The monoisotopic (exact) mass is 442 g/mol. The van der Waals surface area contributed by atoms with Crippen molar-refractivity contribution in [2.45, 2.75) is 20.8 Å². The minimum absolute atomic E-state index is 0.134. The number of benzene rings is 3. The van der Waals surface area contributed by atoms with Gasteiger partial charge in [0, 0.05) is 0 Å². The molecule has 0 aliphatic heterocycles. The molecule has 0 aliphatic rings. The molecule has 0 atom stereocenters. The van der Waals surface area contributed by atoms with Crippen LogP contribution >= 0.6 is 12.2 Å². The summed E-state index contributed by atoms with van der Waals surface area (Å²) in [4.78, 5) is 13.4. The smallest absolute Gasteiger partial charge is 0.290 e. The van der Waals surface area contributed by atoms with Crippen LogP contribution in [-0.4, -0.2) is 14.2 Å². The number of hydrogen-bond donors (Lipinski definition) is 1. The van der Waals surface area contributed by atoms with E-state index in [-0.39, 0.29) is 16.3 Å². The van der Waals surface area contributed by atoms with Gasteiger partial charge in [-0.15, -0.1) is 10.2 Å². The lowest BCUT2D eigenvalue weighted by Crippen LogP contribution is -2.23. The summed E-state index contributed by atoms with van der Waals surface area (Å²) in [5.41, 5.74) is 4.09. The number of azo groups is 1. The van der Waals surface area contributed by atoms with Gasteiger partial charge >= 0.3 is 0 Å². The van der Waals surface area contributed by atoms with Crippen molar-refractivity contribution in [3.05, 3.63) is 105 Å². The molecule has 0 unspecified atom stereocenters. The SMILES string of the molecule is Cc1ccc(-n2c(O)c(N=Nc3ccccc3C)c(=O)n(-c3ccc(C)cc3)c2=S)cc1. The zero-order valence-corrected chi connectivity index (χ0v) is 18.8. The highest BCUT2D eigenvalue weighted by Gasteiger charge is 2.19. The molecule has 0 spiro atoms. The summed E-state index contributed by atoms with van der Waals surface area (Å²) in [5, 5.41) is 19.5. The summed E-state index contributed by atoms with van der Waals surface area (Å²) in [7, 11) is 0. The molecular weight excluding hydrogens is 420 g/mol. The maximum Gasteiger partial charge on any atom is 0.290 e. The second-order valence-electron chi connectivity index (χ2n) is 7.59. The van der Waals surface area contributed by atoms with Crippen LogP contribution in [0.5, 0.6) is 5.88 Å². The summed E-state index contributed by atoms with van der Waals surface area (Å²) < 4.78 is 2.93. The average Bonchev–Trinajstić information content (AvgIpc) is 2.77. The van der Waals surface area contributed by atoms with Crippen LogP contribution in [0.1, 0.15) is 16.7 Å². The summed E-state index contributed by atoms with van der Waals surface area (Å²) >= 11 is 5.65. The highest BCUT2D eigenvalue weighted by Crippen LogP contribution is 2.29. The molecule has 160 valence electrons. The van der Waals surface area contributed by atoms with E-state index in [1.165, 1.54) is 9.13 Å². The third-order valence-corrected chi connectivity index (χ3v) is 5.53. The molecule has 32 heavy (non-hydrogen) atoms. The van der Waals surface area contributed by atoms with Crippen molar-refractivity contribution in [2.75, 3.05) is 0 Å². The third kappa shape index (κ3) is 4.02. The van der Waals surface area contributed by atoms with E-state index in [1.807, 2.05) is 87.5 Å². The van der Waals surface area contributed by atoms with E-state index in [9.17, 15) is 9.90 Å². The third-order valence-electron chi connectivity index (χ3n) is 5.17. The van der Waals surface area contributed by atoms with E-state index in [0.29, 0.717) is 17.1 Å². The van der Waals surface area contributed by atoms with Crippen molar-refractivity contribution in [3.8, 4) is 17.3 Å². The van der Waals surface area contributed by atoms with E-state index >= 15 is 0 Å². The minimum atomic E-state index is -0.544. The largest absolute Gasteiger partial charge is 0.492 e. The minimum Gasteiger partial charge on any atom is -0.492 e. The van der Waals surface area contributed by atoms with Gasteiger partial charge in [0.25, 0.3) is 5.56 Å². The molecule has 0 radical (unpaired) electrons. The second kappa shape index (κ2) is 8.72. The van der Waals surface area contributed by atoms with Crippen molar-refractivity contribution in [1.29, 1.82) is 0 Å². The molecule has 7 heteroatoms. The van der Waals surface area contributed by atoms with Crippen LogP contribution in [0.3, 0.4) is 0 Å². The van der Waals surface area contributed by atoms with Crippen LogP contribution in [0.15, 0.2) is 87.8 Å². The first-order valence-electron chi connectivity index (χ1n) is 10.1. The van der Waals surface area contributed by atoms with E-state index in [0.717, 1.165) is 16.7 Å². The molecule has 0 aliphatic carbocycles. The molecule has 0 fully saturated rings. The first-order chi connectivity index (χ1) is 15.4. The first-order valence-corrected chi connectivity index (χ1v) is 10.5. The Bertz CT molecular complexity index is 1430. The molecule has 6 nitrogen and oxygen atoms in total. The Balaban J connectivity index is 2.01. The molecule has 0 saturated carbocycles. The lowest BCUT2D eigenvalue weighted by atomic mass is 10.2. The van der Waals surface area contributed by atoms with Crippen molar-refractivity contribution in [3.63, 3.8) is 0 Å². The number of nitrogens with zero attached hydrogens (tertiary/aromatic N) is 4. The van der Waals surface area contributed by atoms with Crippen molar-refractivity contribution >= 4 is 23.6 Å². The molecule has 4 aromatic rings. The Kier molecular flexibility index (Phi) is 5.83. The van der Waals surface area contributed by atoms with Crippen LogP contribution in [0.25, 0.3) is 11.4 Å². The lowest BCUT2D eigenvalue weighted by molar-refractivity contribution is 0.432. The van der Waals surface area contributed by atoms with Crippen LogP contribution < -0.4 is 5.56 Å². The van der Waals surface area contributed by atoms with Gasteiger partial charge < -0.3 is 5.11 Å². The lowest BCUT2D eigenvalue weighted by Gasteiger charge is -2.16. The Hall–Kier alpha value is -3.84. The fourth-order valence-corrected chi connectivity index (χ4v) is 3.68. The highest BCUT2D eigenvalue weighted by atomic mass is 32.1. The molecule has 0 bridgehead atoms. The zero-order chi connectivity index (χ0) is 22.8. The van der Waals surface area contributed by atoms with Crippen LogP contribution in [0.2, 0.25) is 0 Å². The van der Waals surface area contributed by atoms with E-state index in [1.54, 1.807) is 6.07 Å². The Morgan fingerprint density at radius 2 is 1.28 bits per heavy atom. The zero-order valence-electron chi connectivity index (χ0n) is 18.0. The van der Waals surface area contributed by atoms with Gasteiger partial charge in [0.1, 0.15) is 0 Å². The predicted molar refractivity (Wildman–Crippen MR) is 129 cm³/mol. The van der Waals surface area contributed by atoms with Crippen molar-refractivity contribution in [1.82, 2.24) is 9.13 Å². The highest BCUT2D eigenvalue weighted by molar-refractivity contribution is 7.71. The normalized spacial score (nSPS) is 11.2. The number of rotatable bonds is 4. The number of aromatic hydroxyl groups is 1. The molecule has 0 amide bonds. The van der Waals surface area contributed by atoms with E-state index < -0.39 is 5.56 Å². The summed E-state index contributed by atoms with van der Waals surface area (Å²) in [6.45, 7) is 5.84.